The van der Waals surface area contributed by atoms with Crippen molar-refractivity contribution in [2.75, 3.05) is 16.9 Å². The summed E-state index contributed by atoms with van der Waals surface area (Å²) in [5.74, 6) is -0.00510. The molecule has 0 saturated carbocycles. The van der Waals surface area contributed by atoms with E-state index in [1.165, 1.54) is 29.4 Å². The molecule has 2 heterocycles. The quantitative estimate of drug-likeness (QED) is 0.514. The van der Waals surface area contributed by atoms with Crippen molar-refractivity contribution in [2.45, 2.75) is 11.4 Å². The van der Waals surface area contributed by atoms with Gasteiger partial charge >= 0.3 is 0 Å². The topological polar surface area (TPSA) is 119 Å². The molecule has 0 saturated heterocycles. The van der Waals surface area contributed by atoms with Crippen LogP contribution in [0, 0.1) is 0 Å². The lowest BCUT2D eigenvalue weighted by molar-refractivity contribution is 0.0984. The minimum absolute atomic E-state index is 0.0634. The molecular formula is C22H19N5O3S. The monoisotopic (exact) mass is 433 g/mol. The first-order valence-electron chi connectivity index (χ1n) is 9.36. The lowest BCUT2D eigenvalue weighted by atomic mass is 10.1. The number of nitrogens with zero attached hydrogens (tertiary/aromatic N) is 4. The molecule has 0 aliphatic heterocycles. The lowest BCUT2D eigenvalue weighted by Crippen LogP contribution is -2.31. The summed E-state index contributed by atoms with van der Waals surface area (Å²) in [6.07, 6.45) is 3.88. The maximum absolute atomic E-state index is 13.4. The number of nitrogens with two attached hydrogens (primary N) is 1. The second kappa shape index (κ2) is 8.11. The van der Waals surface area contributed by atoms with Crippen LogP contribution in [0.3, 0.4) is 0 Å². The number of rotatable bonds is 5. The first kappa shape index (κ1) is 20.4. The highest BCUT2D eigenvalue weighted by Gasteiger charge is 2.24. The van der Waals surface area contributed by atoms with Gasteiger partial charge in [0.05, 0.1) is 40.6 Å². The summed E-state index contributed by atoms with van der Waals surface area (Å²) in [6, 6.07) is 17.1. The number of anilines is 2. The third kappa shape index (κ3) is 4.36. The Bertz CT molecular complexity index is 1370. The van der Waals surface area contributed by atoms with Crippen LogP contribution in [-0.2, 0) is 16.4 Å². The van der Waals surface area contributed by atoms with E-state index >= 15 is 0 Å². The number of benzene rings is 2. The number of carbonyl (C=O) groups excluding carboxylic acids is 1. The summed E-state index contributed by atoms with van der Waals surface area (Å²) in [6.45, 7) is 0.125. The number of carbonyl (C=O) groups is 1. The minimum Gasteiger partial charge on any atom is -0.384 e. The van der Waals surface area contributed by atoms with Crippen molar-refractivity contribution in [3.63, 3.8) is 0 Å². The summed E-state index contributed by atoms with van der Waals surface area (Å²) in [5, 5.41) is 8.39. The highest BCUT2D eigenvalue weighted by Crippen LogP contribution is 2.28. The third-order valence-electron chi connectivity index (χ3n) is 4.75. The summed E-state index contributed by atoms with van der Waals surface area (Å²) in [5.41, 5.74) is 7.84. The number of amides is 1. The van der Waals surface area contributed by atoms with Gasteiger partial charge in [-0.3, -0.25) is 4.79 Å². The van der Waals surface area contributed by atoms with Crippen molar-refractivity contribution in [1.82, 2.24) is 15.2 Å². The maximum atomic E-state index is 13.4. The molecular weight excluding hydrogens is 414 g/mol. The van der Waals surface area contributed by atoms with Crippen LogP contribution in [0.15, 0.2) is 78.0 Å². The molecule has 0 spiro atoms. The first-order chi connectivity index (χ1) is 14.8. The van der Waals surface area contributed by atoms with E-state index in [4.69, 9.17) is 5.73 Å². The molecule has 0 aliphatic carbocycles. The molecule has 0 radical (unpaired) electrons. The van der Waals surface area contributed by atoms with E-state index in [2.05, 4.69) is 15.2 Å². The van der Waals surface area contributed by atoms with E-state index in [-0.39, 0.29) is 17.1 Å². The predicted molar refractivity (Wildman–Crippen MR) is 118 cm³/mol. The van der Waals surface area contributed by atoms with Gasteiger partial charge in [-0.05, 0) is 42.0 Å². The zero-order valence-electron chi connectivity index (χ0n) is 16.6. The Hall–Kier alpha value is -3.85. The number of nitrogen functional groups attached to an aromatic ring is 1. The molecule has 4 aromatic rings. The first-order valence-corrected chi connectivity index (χ1v) is 11.2. The Morgan fingerprint density at radius 2 is 1.81 bits per heavy atom. The van der Waals surface area contributed by atoms with Crippen LogP contribution < -0.4 is 10.6 Å². The average molecular weight is 433 g/mol. The predicted octanol–water partition coefficient (Wildman–Crippen LogP) is 2.86. The number of hydrogen-bond donors (Lipinski definition) is 1. The van der Waals surface area contributed by atoms with Crippen LogP contribution in [0.1, 0.15) is 15.9 Å². The molecule has 0 atom stereocenters. The van der Waals surface area contributed by atoms with Crippen molar-refractivity contribution in [1.29, 1.82) is 0 Å². The minimum atomic E-state index is -3.58. The van der Waals surface area contributed by atoms with Crippen LogP contribution in [0.25, 0.3) is 10.9 Å². The highest BCUT2D eigenvalue weighted by atomic mass is 32.2. The van der Waals surface area contributed by atoms with E-state index in [0.717, 1.165) is 17.2 Å². The van der Waals surface area contributed by atoms with Gasteiger partial charge in [0.25, 0.3) is 5.91 Å². The second-order valence-electron chi connectivity index (χ2n) is 7.03. The molecule has 2 N–H and O–H groups in total. The summed E-state index contributed by atoms with van der Waals surface area (Å²) < 4.78 is 24.8. The van der Waals surface area contributed by atoms with Gasteiger partial charge < -0.3 is 10.6 Å². The van der Waals surface area contributed by atoms with Crippen LogP contribution in [0.5, 0.6) is 0 Å². The zero-order valence-corrected chi connectivity index (χ0v) is 17.5. The van der Waals surface area contributed by atoms with Crippen LogP contribution in [-0.4, -0.2) is 35.8 Å². The number of fused-ring (bicyclic) bond motifs is 1. The molecule has 8 nitrogen and oxygen atoms in total. The van der Waals surface area contributed by atoms with Gasteiger partial charge in [0, 0.05) is 11.6 Å². The normalized spacial score (nSPS) is 11.4. The van der Waals surface area contributed by atoms with Gasteiger partial charge in [0.15, 0.2) is 9.84 Å². The van der Waals surface area contributed by atoms with Gasteiger partial charge in [-0.15, -0.1) is 0 Å². The molecule has 0 fully saturated rings. The molecule has 0 bridgehead atoms. The van der Waals surface area contributed by atoms with Gasteiger partial charge in [0.2, 0.25) is 0 Å². The van der Waals surface area contributed by atoms with Gasteiger partial charge in [-0.1, -0.05) is 24.3 Å². The number of para-hydroxylation sites is 1. The molecule has 156 valence electrons. The molecule has 0 unspecified atom stereocenters. The lowest BCUT2D eigenvalue weighted by Gasteiger charge is -2.25. The molecule has 4 rings (SSSR count). The third-order valence-corrected chi connectivity index (χ3v) is 5.89. The fourth-order valence-electron chi connectivity index (χ4n) is 3.29. The second-order valence-corrected chi connectivity index (χ2v) is 9.01. The number of aromatic nitrogens is 3. The van der Waals surface area contributed by atoms with Crippen molar-refractivity contribution < 1.29 is 13.2 Å². The van der Waals surface area contributed by atoms with Crippen LogP contribution in [0.4, 0.5) is 11.5 Å². The van der Waals surface area contributed by atoms with Gasteiger partial charge in [-0.2, -0.15) is 10.2 Å². The van der Waals surface area contributed by atoms with Gasteiger partial charge in [-0.25, -0.2) is 13.4 Å². The van der Waals surface area contributed by atoms with Crippen molar-refractivity contribution in [3.8, 4) is 0 Å². The Kier molecular flexibility index (Phi) is 5.35. The zero-order chi connectivity index (χ0) is 22.0. The van der Waals surface area contributed by atoms with Crippen LogP contribution in [0.2, 0.25) is 0 Å². The van der Waals surface area contributed by atoms with Crippen LogP contribution >= 0.6 is 0 Å². The standard InChI is InChI=1S/C22H19N5O3S/c1-31(29,30)20-5-3-2-4-19(20)27(22(28)17-10-11-24-25-13-17)14-15-6-7-16-8-9-21(23)26-18(16)12-15/h2-13H,14H2,1H3,(H2,23,26). The fraction of sp³-hybridized carbons (Fsp3) is 0.0909. The smallest absolute Gasteiger partial charge is 0.260 e. The van der Waals surface area contributed by atoms with E-state index in [0.29, 0.717) is 16.9 Å². The Morgan fingerprint density at radius 3 is 2.55 bits per heavy atom. The Morgan fingerprint density at radius 1 is 1.03 bits per heavy atom. The molecule has 9 heteroatoms. The van der Waals surface area contributed by atoms with E-state index in [1.807, 2.05) is 24.3 Å². The Balaban J connectivity index is 1.83. The average Bonchev–Trinajstić information content (AvgIpc) is 2.77. The van der Waals surface area contributed by atoms with E-state index < -0.39 is 15.7 Å². The van der Waals surface area contributed by atoms with Crippen molar-refractivity contribution >= 4 is 38.2 Å². The number of sulfone groups is 1. The Labute approximate surface area is 179 Å². The van der Waals surface area contributed by atoms with E-state index in [1.54, 1.807) is 24.3 Å². The molecule has 2 aromatic heterocycles. The highest BCUT2D eigenvalue weighted by molar-refractivity contribution is 7.90. The molecule has 0 aliphatic rings. The molecule has 31 heavy (non-hydrogen) atoms. The maximum Gasteiger partial charge on any atom is 0.260 e. The van der Waals surface area contributed by atoms with Gasteiger partial charge in [0.1, 0.15) is 5.82 Å². The number of pyridine rings is 1. The van der Waals surface area contributed by atoms with Crippen molar-refractivity contribution in [2.24, 2.45) is 0 Å². The van der Waals surface area contributed by atoms with Crippen molar-refractivity contribution in [3.05, 3.63) is 84.2 Å². The number of hydrogen-bond acceptors (Lipinski definition) is 7. The van der Waals surface area contributed by atoms with E-state index in [9.17, 15) is 13.2 Å². The summed E-state index contributed by atoms with van der Waals surface area (Å²) >= 11 is 0. The molecule has 2 aromatic carbocycles. The fourth-order valence-corrected chi connectivity index (χ4v) is 4.18. The SMILES string of the molecule is CS(=O)(=O)c1ccccc1N(Cc1ccc2ccc(N)nc2c1)C(=O)c1ccnnc1. The summed E-state index contributed by atoms with van der Waals surface area (Å²) in [4.78, 5) is 19.2. The largest absolute Gasteiger partial charge is 0.384 e. The molecule has 1 amide bonds. The summed E-state index contributed by atoms with van der Waals surface area (Å²) in [7, 11) is -3.58.